The smallest absolute Gasteiger partial charge is 0.191 e. The van der Waals surface area contributed by atoms with Gasteiger partial charge >= 0.3 is 0 Å². The summed E-state index contributed by atoms with van der Waals surface area (Å²) in [5.74, 6) is 0.0465. The van der Waals surface area contributed by atoms with Crippen LogP contribution in [0.5, 0.6) is 0 Å². The zero-order valence-corrected chi connectivity index (χ0v) is 10.9. The number of fused-ring (bicyclic) bond motifs is 1. The second-order valence-electron chi connectivity index (χ2n) is 6.30. The Morgan fingerprint density at radius 1 is 1.28 bits per heavy atom. The van der Waals surface area contributed by atoms with Crippen LogP contribution in [0.2, 0.25) is 0 Å². The molecule has 1 atom stereocenters. The predicted molar refractivity (Wildman–Crippen MR) is 68.2 cm³/mol. The van der Waals surface area contributed by atoms with Crippen LogP contribution < -0.4 is 0 Å². The lowest BCUT2D eigenvalue weighted by atomic mass is 9.76. The molecule has 1 heterocycles. The molecule has 0 aromatic carbocycles. The number of allylic oxidation sites excluding steroid dienone is 1. The summed E-state index contributed by atoms with van der Waals surface area (Å²) in [4.78, 5) is 16.5. The first kappa shape index (κ1) is 11.6. The van der Waals surface area contributed by atoms with Gasteiger partial charge in [0.1, 0.15) is 5.60 Å². The Bertz CT molecular complexity index is 582. The number of carbonyl (C=O) groups is 1. The highest BCUT2D eigenvalue weighted by molar-refractivity contribution is 6.12. The molecule has 1 aromatic rings. The lowest BCUT2D eigenvalue weighted by Crippen LogP contribution is -2.32. The minimum Gasteiger partial charge on any atom is -0.381 e. The van der Waals surface area contributed by atoms with Crippen molar-refractivity contribution in [1.29, 1.82) is 0 Å². The minimum absolute atomic E-state index is 0.0465. The maximum absolute atomic E-state index is 12.5. The highest BCUT2D eigenvalue weighted by Crippen LogP contribution is 2.52. The quantitative estimate of drug-likeness (QED) is 0.762. The molecule has 1 N–H and O–H groups in total. The van der Waals surface area contributed by atoms with Gasteiger partial charge in [-0.05, 0) is 36.8 Å². The van der Waals surface area contributed by atoms with Crippen molar-refractivity contribution < 1.29 is 9.90 Å². The Hall–Kier alpha value is -1.48. The zero-order valence-electron chi connectivity index (χ0n) is 10.9. The summed E-state index contributed by atoms with van der Waals surface area (Å²) in [6.45, 7) is 6.06. The molecular formula is C15H17NO2. The third-order valence-electron chi connectivity index (χ3n) is 4.13. The van der Waals surface area contributed by atoms with Gasteiger partial charge in [0, 0.05) is 29.1 Å². The second kappa shape index (κ2) is 3.29. The molecule has 94 valence electrons. The molecule has 0 saturated carbocycles. The highest BCUT2D eigenvalue weighted by Gasteiger charge is 2.47. The van der Waals surface area contributed by atoms with Crippen LogP contribution in [0.3, 0.4) is 0 Å². The van der Waals surface area contributed by atoms with Crippen molar-refractivity contribution in [1.82, 2.24) is 4.98 Å². The number of rotatable bonds is 0. The topological polar surface area (TPSA) is 50.2 Å². The van der Waals surface area contributed by atoms with Crippen LogP contribution in [0.4, 0.5) is 0 Å². The largest absolute Gasteiger partial charge is 0.381 e. The Morgan fingerprint density at radius 2 is 2.00 bits per heavy atom. The molecule has 18 heavy (non-hydrogen) atoms. The molecule has 0 saturated heterocycles. The molecule has 0 amide bonds. The molecule has 0 aliphatic heterocycles. The molecule has 3 nitrogen and oxygen atoms in total. The molecular weight excluding hydrogens is 226 g/mol. The predicted octanol–water partition coefficient (Wildman–Crippen LogP) is 2.60. The summed E-state index contributed by atoms with van der Waals surface area (Å²) in [7, 11) is 0. The van der Waals surface area contributed by atoms with Crippen molar-refractivity contribution >= 4 is 5.78 Å². The van der Waals surface area contributed by atoms with E-state index in [1.807, 2.05) is 0 Å². The van der Waals surface area contributed by atoms with Gasteiger partial charge in [-0.2, -0.15) is 0 Å². The number of ketones is 1. The zero-order chi connectivity index (χ0) is 13.1. The number of hydrogen-bond acceptors (Lipinski definition) is 3. The molecule has 0 fully saturated rings. The number of aliphatic hydroxyl groups is 1. The van der Waals surface area contributed by atoms with Crippen LogP contribution in [-0.4, -0.2) is 15.9 Å². The molecule has 3 heteroatoms. The van der Waals surface area contributed by atoms with E-state index in [1.165, 1.54) is 0 Å². The van der Waals surface area contributed by atoms with Crippen molar-refractivity contribution in [2.24, 2.45) is 5.41 Å². The van der Waals surface area contributed by atoms with E-state index < -0.39 is 5.60 Å². The summed E-state index contributed by atoms with van der Waals surface area (Å²) in [6, 6.07) is 1.75. The third kappa shape index (κ3) is 1.40. The summed E-state index contributed by atoms with van der Waals surface area (Å²) < 4.78 is 0. The van der Waals surface area contributed by atoms with E-state index in [4.69, 9.17) is 0 Å². The molecule has 0 radical (unpaired) electrons. The summed E-state index contributed by atoms with van der Waals surface area (Å²) in [5, 5.41) is 10.8. The van der Waals surface area contributed by atoms with E-state index in [0.29, 0.717) is 11.1 Å². The van der Waals surface area contributed by atoms with Crippen LogP contribution in [-0.2, 0) is 5.60 Å². The molecule has 2 aliphatic rings. The van der Waals surface area contributed by atoms with Crippen LogP contribution in [0.1, 0.15) is 49.5 Å². The van der Waals surface area contributed by atoms with E-state index in [0.717, 1.165) is 24.0 Å². The molecule has 0 bridgehead atoms. The van der Waals surface area contributed by atoms with E-state index in [-0.39, 0.29) is 11.2 Å². The summed E-state index contributed by atoms with van der Waals surface area (Å²) >= 11 is 0. The van der Waals surface area contributed by atoms with Crippen molar-refractivity contribution in [2.75, 3.05) is 0 Å². The number of aromatic nitrogens is 1. The summed E-state index contributed by atoms with van der Waals surface area (Å²) in [5.41, 5.74) is 1.97. The van der Waals surface area contributed by atoms with E-state index in [9.17, 15) is 9.90 Å². The fourth-order valence-corrected chi connectivity index (χ4v) is 3.24. The average molecular weight is 243 g/mol. The van der Waals surface area contributed by atoms with Crippen LogP contribution in [0, 0.1) is 5.41 Å². The number of Topliss-reactive ketones (excluding diaryl/α,β-unsaturated/α-hetero) is 1. The van der Waals surface area contributed by atoms with E-state index in [2.05, 4.69) is 18.8 Å². The van der Waals surface area contributed by atoms with E-state index >= 15 is 0 Å². The molecule has 3 rings (SSSR count). The number of pyridine rings is 1. The minimum atomic E-state index is -1.03. The van der Waals surface area contributed by atoms with Gasteiger partial charge in [-0.15, -0.1) is 0 Å². The number of nitrogens with zero attached hydrogens (tertiary/aromatic N) is 1. The van der Waals surface area contributed by atoms with Gasteiger partial charge < -0.3 is 5.11 Å². The molecule has 0 spiro atoms. The third-order valence-corrected chi connectivity index (χ3v) is 4.13. The van der Waals surface area contributed by atoms with Crippen LogP contribution in [0.15, 0.2) is 29.6 Å². The first-order valence-electron chi connectivity index (χ1n) is 6.27. The van der Waals surface area contributed by atoms with Crippen molar-refractivity contribution in [3.63, 3.8) is 0 Å². The normalized spacial score (nSPS) is 29.2. The monoisotopic (exact) mass is 243 g/mol. The SMILES string of the molecule is CC1(C)CC2=C(C1)[C@@](C)(O)c1ccncc1C2=O. The Morgan fingerprint density at radius 3 is 2.72 bits per heavy atom. The summed E-state index contributed by atoms with van der Waals surface area (Å²) in [6.07, 6.45) is 4.72. The maximum atomic E-state index is 12.5. The average Bonchev–Trinajstić information content (AvgIpc) is 2.64. The van der Waals surface area contributed by atoms with Gasteiger partial charge in [0.05, 0.1) is 0 Å². The van der Waals surface area contributed by atoms with Crippen molar-refractivity contribution in [2.45, 2.75) is 39.2 Å². The lowest BCUT2D eigenvalue weighted by Gasteiger charge is -2.32. The Labute approximate surface area is 107 Å². The fraction of sp³-hybridized carbons (Fsp3) is 0.467. The van der Waals surface area contributed by atoms with Gasteiger partial charge in [0.15, 0.2) is 5.78 Å². The maximum Gasteiger partial charge on any atom is 0.191 e. The standard InChI is InChI=1S/C15H17NO2/c1-14(2)6-9-12(7-14)15(3,18)11-4-5-16-8-10(11)13(9)17/h4-5,8,18H,6-7H2,1-3H3/t15-/m0/s1. The van der Waals surface area contributed by atoms with Gasteiger partial charge in [0.2, 0.25) is 0 Å². The number of carbonyl (C=O) groups excluding carboxylic acids is 1. The van der Waals surface area contributed by atoms with Gasteiger partial charge in [-0.25, -0.2) is 0 Å². The highest BCUT2D eigenvalue weighted by atomic mass is 16.3. The van der Waals surface area contributed by atoms with E-state index in [1.54, 1.807) is 25.4 Å². The Balaban J connectivity index is 2.23. The first-order valence-corrected chi connectivity index (χ1v) is 6.27. The molecule has 0 unspecified atom stereocenters. The van der Waals surface area contributed by atoms with Gasteiger partial charge in [-0.3, -0.25) is 9.78 Å². The van der Waals surface area contributed by atoms with Gasteiger partial charge in [-0.1, -0.05) is 13.8 Å². The lowest BCUT2D eigenvalue weighted by molar-refractivity contribution is 0.0810. The number of hydrogen-bond donors (Lipinski definition) is 1. The fourth-order valence-electron chi connectivity index (χ4n) is 3.24. The molecule has 2 aliphatic carbocycles. The van der Waals surface area contributed by atoms with Crippen LogP contribution >= 0.6 is 0 Å². The first-order chi connectivity index (χ1) is 8.33. The van der Waals surface area contributed by atoms with Gasteiger partial charge in [0.25, 0.3) is 0 Å². The van der Waals surface area contributed by atoms with Crippen LogP contribution in [0.25, 0.3) is 0 Å². The second-order valence-corrected chi connectivity index (χ2v) is 6.30. The van der Waals surface area contributed by atoms with Crippen molar-refractivity contribution in [3.8, 4) is 0 Å². The van der Waals surface area contributed by atoms with Crippen molar-refractivity contribution in [3.05, 3.63) is 40.7 Å². The Kier molecular flexibility index (Phi) is 2.12. The molecule has 1 aromatic heterocycles.